The first-order chi connectivity index (χ1) is 20.0. The molecule has 4 N–H and O–H groups in total. The molecule has 1 aliphatic heterocycles. The lowest BCUT2D eigenvalue weighted by Crippen LogP contribution is -2.45. The van der Waals surface area contributed by atoms with Crippen LogP contribution in [0.5, 0.6) is 23.3 Å². The van der Waals surface area contributed by atoms with E-state index in [2.05, 4.69) is 10.6 Å². The number of benzene rings is 2. The Morgan fingerprint density at radius 3 is 2.33 bits per heavy atom. The number of ketones is 1. The molecule has 2 amide bonds. The van der Waals surface area contributed by atoms with E-state index in [1.807, 2.05) is 18.2 Å². The number of nitrogens with one attached hydrogen (secondary N) is 2. The molecule has 2 heterocycles. The van der Waals surface area contributed by atoms with Crippen molar-refractivity contribution in [2.75, 3.05) is 25.9 Å². The highest BCUT2D eigenvalue weighted by Gasteiger charge is 2.33. The van der Waals surface area contributed by atoms with Crippen LogP contribution in [0.1, 0.15) is 53.4 Å². The van der Waals surface area contributed by atoms with Crippen LogP contribution in [0.4, 0.5) is 0 Å². The molecule has 11 heteroatoms. The third kappa shape index (κ3) is 6.51. The maximum Gasteiger partial charge on any atom is 0.244 e. The van der Waals surface area contributed by atoms with Crippen molar-refractivity contribution in [1.82, 2.24) is 15.3 Å². The van der Waals surface area contributed by atoms with E-state index in [1.165, 1.54) is 18.0 Å². The number of Topliss-reactive ketones (excluding diaryl/α,β-unsaturated/α-hetero) is 1. The molecule has 0 saturated carbocycles. The van der Waals surface area contributed by atoms with E-state index >= 15 is 0 Å². The molecule has 0 fully saturated rings. The maximum absolute atomic E-state index is 13.6. The van der Waals surface area contributed by atoms with Gasteiger partial charge in [0, 0.05) is 25.7 Å². The molecule has 2 atom stereocenters. The Hall–Kier alpha value is -4.93. The zero-order valence-corrected chi connectivity index (χ0v) is 24.2. The Morgan fingerprint density at radius 2 is 1.69 bits per heavy atom. The van der Waals surface area contributed by atoms with Gasteiger partial charge < -0.3 is 35.3 Å². The summed E-state index contributed by atoms with van der Waals surface area (Å²) in [6.45, 7) is 5.23. The third-order valence-corrected chi connectivity index (χ3v) is 6.98. The molecule has 0 saturated heterocycles. The summed E-state index contributed by atoms with van der Waals surface area (Å²) < 4.78 is 11.8. The fourth-order valence-electron chi connectivity index (χ4n) is 4.77. The fourth-order valence-corrected chi connectivity index (χ4v) is 4.77. The second-order valence-electron chi connectivity index (χ2n) is 10.6. The smallest absolute Gasteiger partial charge is 0.244 e. The molecule has 2 aromatic carbocycles. The second-order valence-corrected chi connectivity index (χ2v) is 10.6. The van der Waals surface area contributed by atoms with Gasteiger partial charge in [0.25, 0.3) is 0 Å². The van der Waals surface area contributed by atoms with Crippen LogP contribution in [0.3, 0.4) is 0 Å². The summed E-state index contributed by atoms with van der Waals surface area (Å²) in [6, 6.07) is 12.7. The molecule has 42 heavy (non-hydrogen) atoms. The van der Waals surface area contributed by atoms with Crippen LogP contribution in [-0.2, 0) is 9.59 Å². The number of amides is 2. The van der Waals surface area contributed by atoms with Crippen LogP contribution in [-0.4, -0.2) is 59.4 Å². The van der Waals surface area contributed by atoms with Crippen LogP contribution < -0.4 is 25.1 Å². The van der Waals surface area contributed by atoms with Crippen molar-refractivity contribution in [2.45, 2.75) is 39.3 Å². The maximum atomic E-state index is 13.6. The van der Waals surface area contributed by atoms with E-state index in [0.717, 1.165) is 10.2 Å². The lowest BCUT2D eigenvalue weighted by atomic mass is 9.93. The van der Waals surface area contributed by atoms with E-state index in [1.54, 1.807) is 64.4 Å². The van der Waals surface area contributed by atoms with Crippen molar-refractivity contribution in [3.05, 3.63) is 76.9 Å². The van der Waals surface area contributed by atoms with Gasteiger partial charge in [0.15, 0.2) is 17.3 Å². The average molecular weight is 577 g/mol. The first-order valence-electron chi connectivity index (χ1n) is 13.6. The van der Waals surface area contributed by atoms with E-state index in [9.17, 15) is 24.6 Å². The largest absolute Gasteiger partial charge is 0.493 e. The number of ether oxygens (including phenoxy) is 2. The standard InChI is InChI=1S/C31H36N4O7/c1-18(2)28(29(38)27-19(3)30(39)35(31(27)40)34(4)5)33-26(37)16-22(21-9-7-6-8-10-21)32-25(36)14-12-20-11-13-23-24(15-20)42-17-41-23/h6-15,18,22,28,39-40H,16-17H2,1-5H3,(H,32,36)(H,33,37)/t22-,28-/m0/s1. The molecule has 222 valence electrons. The SMILES string of the molecule is Cc1c(C(=O)[C@@H](NC(=O)C[C@H](NC(=O)C=Cc2ccc3c(c2)OCO3)c2ccccc2)C(C)C)c(O)n(N(C)C)c1O. The first kappa shape index (κ1) is 30.0. The number of carbonyl (C=O) groups excluding carboxylic acids is 3. The van der Waals surface area contributed by atoms with Crippen molar-refractivity contribution in [1.29, 1.82) is 0 Å². The predicted octanol–water partition coefficient (Wildman–Crippen LogP) is 3.42. The molecule has 1 aliphatic rings. The van der Waals surface area contributed by atoms with Crippen LogP contribution in [0.2, 0.25) is 0 Å². The van der Waals surface area contributed by atoms with Crippen molar-refractivity contribution in [3.8, 4) is 23.3 Å². The molecular weight excluding hydrogens is 540 g/mol. The molecule has 0 aliphatic carbocycles. The zero-order valence-electron chi connectivity index (χ0n) is 24.2. The molecule has 1 aromatic heterocycles. The van der Waals surface area contributed by atoms with Gasteiger partial charge in [-0.05, 0) is 42.2 Å². The molecule has 0 spiro atoms. The van der Waals surface area contributed by atoms with Crippen molar-refractivity contribution >= 4 is 23.7 Å². The zero-order chi connectivity index (χ0) is 30.6. The minimum absolute atomic E-state index is 0.0678. The van der Waals surface area contributed by atoms with Gasteiger partial charge in [-0.15, -0.1) is 0 Å². The van der Waals surface area contributed by atoms with Gasteiger partial charge in [-0.1, -0.05) is 50.2 Å². The fraction of sp³-hybridized carbons (Fsp3) is 0.323. The molecule has 4 rings (SSSR count). The number of nitrogens with zero attached hydrogens (tertiary/aromatic N) is 2. The van der Waals surface area contributed by atoms with Crippen molar-refractivity contribution in [2.24, 2.45) is 5.92 Å². The summed E-state index contributed by atoms with van der Waals surface area (Å²) in [4.78, 5) is 39.8. The Labute approximate surface area is 244 Å². The van der Waals surface area contributed by atoms with Crippen LogP contribution in [0, 0.1) is 12.8 Å². The summed E-state index contributed by atoms with van der Waals surface area (Å²) in [7, 11) is 3.22. The van der Waals surface area contributed by atoms with Gasteiger partial charge in [-0.25, -0.2) is 0 Å². The van der Waals surface area contributed by atoms with Crippen LogP contribution >= 0.6 is 0 Å². The predicted molar refractivity (Wildman–Crippen MR) is 157 cm³/mol. The van der Waals surface area contributed by atoms with Gasteiger partial charge >= 0.3 is 0 Å². The average Bonchev–Trinajstić information content (AvgIpc) is 3.51. The van der Waals surface area contributed by atoms with Crippen molar-refractivity contribution in [3.63, 3.8) is 0 Å². The summed E-state index contributed by atoms with van der Waals surface area (Å²) in [5.74, 6) is -1.18. The van der Waals surface area contributed by atoms with Gasteiger partial charge in [-0.2, -0.15) is 4.68 Å². The molecule has 0 radical (unpaired) electrons. The van der Waals surface area contributed by atoms with Gasteiger partial charge in [0.2, 0.25) is 30.4 Å². The number of aromatic hydroxyl groups is 2. The number of hydrogen-bond acceptors (Lipinski definition) is 8. The van der Waals surface area contributed by atoms with E-state index in [-0.39, 0.29) is 36.1 Å². The van der Waals surface area contributed by atoms with Crippen molar-refractivity contribution < 1.29 is 34.1 Å². The summed E-state index contributed by atoms with van der Waals surface area (Å²) >= 11 is 0. The second kappa shape index (κ2) is 12.7. The number of fused-ring (bicyclic) bond motifs is 1. The summed E-state index contributed by atoms with van der Waals surface area (Å²) in [5, 5.41) is 28.3. The topological polar surface area (TPSA) is 142 Å². The molecular formula is C31H36N4O7. The monoisotopic (exact) mass is 576 g/mol. The molecule has 0 unspecified atom stereocenters. The molecule has 0 bridgehead atoms. The van der Waals surface area contributed by atoms with Crippen LogP contribution in [0.25, 0.3) is 6.08 Å². The molecule has 11 nitrogen and oxygen atoms in total. The number of hydrogen-bond donors (Lipinski definition) is 4. The first-order valence-corrected chi connectivity index (χ1v) is 13.6. The van der Waals surface area contributed by atoms with E-state index in [0.29, 0.717) is 17.1 Å². The number of aromatic nitrogens is 1. The number of rotatable bonds is 11. The quantitative estimate of drug-likeness (QED) is 0.201. The minimum Gasteiger partial charge on any atom is -0.493 e. The highest BCUT2D eigenvalue weighted by atomic mass is 16.7. The highest BCUT2D eigenvalue weighted by molar-refractivity contribution is 6.05. The Bertz CT molecular complexity index is 1490. The highest BCUT2D eigenvalue weighted by Crippen LogP contribution is 2.35. The lowest BCUT2D eigenvalue weighted by molar-refractivity contribution is -0.123. The minimum atomic E-state index is -0.988. The summed E-state index contributed by atoms with van der Waals surface area (Å²) in [6.07, 6.45) is 2.87. The lowest BCUT2D eigenvalue weighted by Gasteiger charge is -2.24. The Kier molecular flexibility index (Phi) is 9.09. The summed E-state index contributed by atoms with van der Waals surface area (Å²) in [5.41, 5.74) is 1.59. The normalized spacial score (nSPS) is 13.7. The Balaban J connectivity index is 1.50. The van der Waals surface area contributed by atoms with E-state index < -0.39 is 35.6 Å². The Morgan fingerprint density at radius 1 is 1.00 bits per heavy atom. The van der Waals surface area contributed by atoms with E-state index in [4.69, 9.17) is 9.47 Å². The van der Waals surface area contributed by atoms with Gasteiger partial charge in [0.05, 0.1) is 24.1 Å². The van der Waals surface area contributed by atoms with Gasteiger partial charge in [-0.3, -0.25) is 14.4 Å². The third-order valence-electron chi connectivity index (χ3n) is 6.98. The number of carbonyl (C=O) groups is 3. The molecule has 3 aromatic rings. The van der Waals surface area contributed by atoms with Crippen LogP contribution in [0.15, 0.2) is 54.6 Å². The van der Waals surface area contributed by atoms with Gasteiger partial charge in [0.1, 0.15) is 0 Å².